The summed E-state index contributed by atoms with van der Waals surface area (Å²) in [6.45, 7) is 3.92. The minimum atomic E-state index is -4.68. The number of hydrogen-bond acceptors (Lipinski definition) is 9. The van der Waals surface area contributed by atoms with Crippen molar-refractivity contribution in [2.45, 2.75) is 161 Å². The lowest BCUT2D eigenvalue weighted by Gasteiger charge is -2.28. The summed E-state index contributed by atoms with van der Waals surface area (Å²) < 4.78 is 33.6. The molecule has 0 aromatic heterocycles. The maximum Gasteiger partial charge on any atom is 0.306 e. The van der Waals surface area contributed by atoms with Crippen molar-refractivity contribution in [1.29, 1.82) is 0 Å². The van der Waals surface area contributed by atoms with Gasteiger partial charge < -0.3 is 33.0 Å². The number of aliphatic hydroxyl groups excluding tert-OH is 1. The molecule has 0 saturated heterocycles. The largest absolute Gasteiger partial charge is 0.756 e. The van der Waals surface area contributed by atoms with Crippen molar-refractivity contribution in [3.8, 4) is 0 Å². The molecule has 0 aliphatic heterocycles. The quantitative estimate of drug-likeness (QED) is 0.0163. The Morgan fingerprint density at radius 2 is 1.22 bits per heavy atom. The normalized spacial score (nSPS) is 14.8. The number of likely N-dealkylation sites (N-methyl/N-ethyl adjacent to an activating group) is 1. The van der Waals surface area contributed by atoms with E-state index in [4.69, 9.17) is 18.5 Å². The number of esters is 2. The predicted molar refractivity (Wildman–Crippen MR) is 223 cm³/mol. The van der Waals surface area contributed by atoms with Crippen LogP contribution >= 0.6 is 7.82 Å². The molecule has 3 unspecified atom stereocenters. The van der Waals surface area contributed by atoms with Crippen molar-refractivity contribution in [3.63, 3.8) is 0 Å². The van der Waals surface area contributed by atoms with Crippen molar-refractivity contribution >= 4 is 19.8 Å². The summed E-state index contributed by atoms with van der Waals surface area (Å²) in [6, 6.07) is 0. The van der Waals surface area contributed by atoms with Gasteiger partial charge in [0, 0.05) is 12.8 Å². The van der Waals surface area contributed by atoms with E-state index in [2.05, 4.69) is 50.3 Å². The summed E-state index contributed by atoms with van der Waals surface area (Å²) in [7, 11) is 1.03. The van der Waals surface area contributed by atoms with Crippen LogP contribution < -0.4 is 4.89 Å². The molecule has 0 aromatic carbocycles. The third-order valence-corrected chi connectivity index (χ3v) is 9.58. The lowest BCUT2D eigenvalue weighted by Crippen LogP contribution is -2.37. The Morgan fingerprint density at radius 3 is 1.89 bits per heavy atom. The number of hydrogen-bond donors (Lipinski definition) is 1. The van der Waals surface area contributed by atoms with Gasteiger partial charge in [-0.1, -0.05) is 126 Å². The summed E-state index contributed by atoms with van der Waals surface area (Å²) in [6.07, 6.45) is 38.5. The van der Waals surface area contributed by atoms with Crippen molar-refractivity contribution < 1.29 is 47.2 Å². The number of ether oxygens (including phenoxy) is 2. The van der Waals surface area contributed by atoms with Gasteiger partial charge in [0.2, 0.25) is 0 Å². The van der Waals surface area contributed by atoms with Crippen LogP contribution in [0.25, 0.3) is 0 Å². The Labute approximate surface area is 335 Å². The van der Waals surface area contributed by atoms with Crippen LogP contribution in [0.4, 0.5) is 0 Å². The molecule has 55 heavy (non-hydrogen) atoms. The van der Waals surface area contributed by atoms with Crippen molar-refractivity contribution in [2.24, 2.45) is 0 Å². The molecule has 0 bridgehead atoms. The molecule has 318 valence electrons. The molecular weight excluding hydrogens is 717 g/mol. The minimum absolute atomic E-state index is 0.00713. The molecule has 3 atom stereocenters. The Bertz CT molecular complexity index is 1140. The van der Waals surface area contributed by atoms with Crippen LogP contribution in [0.5, 0.6) is 0 Å². The second-order valence-electron chi connectivity index (χ2n) is 15.2. The fourth-order valence-electron chi connectivity index (χ4n) is 5.22. The molecule has 10 nitrogen and oxygen atoms in total. The van der Waals surface area contributed by atoms with Crippen molar-refractivity contribution in [3.05, 3.63) is 60.8 Å². The van der Waals surface area contributed by atoms with Gasteiger partial charge >= 0.3 is 11.9 Å². The van der Waals surface area contributed by atoms with E-state index in [0.717, 1.165) is 57.8 Å². The number of phosphoric ester groups is 1. The van der Waals surface area contributed by atoms with Crippen molar-refractivity contribution in [1.82, 2.24) is 0 Å². The van der Waals surface area contributed by atoms with Crippen LogP contribution in [-0.4, -0.2) is 81.2 Å². The first kappa shape index (κ1) is 52.7. The molecule has 0 amide bonds. The standard InChI is InChI=1S/C44H78NO9P/c1-6-8-10-12-14-16-18-20-22-24-26-28-30-33-41(46)34-32-36-44(48)54-42(40-53-55(49,50)52-38-37-45(3,4)5)39-51-43(47)35-31-29-27-25-23-21-19-17-15-13-11-9-7-2/h14,16-17,19-20,22,26,28,30,33,41-42,46H,6-13,15,18,21,23-25,27,29,31-32,34-40H2,1-5H3/b16-14-,19-17-,22-20-,28-26-,33-30+. The van der Waals surface area contributed by atoms with Crippen LogP contribution in [0.2, 0.25) is 0 Å². The van der Waals surface area contributed by atoms with Gasteiger partial charge in [-0.3, -0.25) is 14.2 Å². The van der Waals surface area contributed by atoms with Gasteiger partial charge in [-0.25, -0.2) is 0 Å². The molecule has 0 aliphatic carbocycles. The number of aliphatic hydroxyl groups is 1. The molecule has 1 N–H and O–H groups in total. The Balaban J connectivity index is 4.63. The Hall–Kier alpha value is -2.33. The van der Waals surface area contributed by atoms with Gasteiger partial charge in [0.25, 0.3) is 7.82 Å². The number of unbranched alkanes of at least 4 members (excludes halogenated alkanes) is 12. The van der Waals surface area contributed by atoms with Gasteiger partial charge in [0.15, 0.2) is 6.10 Å². The van der Waals surface area contributed by atoms with E-state index >= 15 is 0 Å². The second kappa shape index (κ2) is 36.0. The molecular formula is C44H78NO9P. The number of nitrogens with zero attached hydrogens (tertiary/aromatic N) is 1. The maximum atomic E-state index is 12.7. The van der Waals surface area contributed by atoms with E-state index in [9.17, 15) is 24.2 Å². The van der Waals surface area contributed by atoms with Gasteiger partial charge in [-0.2, -0.15) is 0 Å². The monoisotopic (exact) mass is 796 g/mol. The smallest absolute Gasteiger partial charge is 0.306 e. The number of rotatable bonds is 37. The molecule has 0 rings (SSSR count). The highest BCUT2D eigenvalue weighted by atomic mass is 31.2. The van der Waals surface area contributed by atoms with E-state index in [1.165, 1.54) is 44.9 Å². The summed E-state index contributed by atoms with van der Waals surface area (Å²) in [5, 5.41) is 10.3. The highest BCUT2D eigenvalue weighted by molar-refractivity contribution is 7.45. The van der Waals surface area contributed by atoms with Gasteiger partial charge in [0.05, 0.1) is 33.9 Å². The zero-order chi connectivity index (χ0) is 40.9. The van der Waals surface area contributed by atoms with E-state index in [0.29, 0.717) is 30.3 Å². The minimum Gasteiger partial charge on any atom is -0.756 e. The molecule has 0 aromatic rings. The number of phosphoric acid groups is 1. The SMILES string of the molecule is CCCCC/C=C\C/C=C\C/C=C\C=C\C(O)CCCC(=O)OC(COC(=O)CCCCCCC/C=C\CCCCCC)COP(=O)([O-])OCC[N+](C)(C)C. The van der Waals surface area contributed by atoms with Crippen LogP contribution in [0.3, 0.4) is 0 Å². The Morgan fingerprint density at radius 1 is 0.673 bits per heavy atom. The van der Waals surface area contributed by atoms with Gasteiger partial charge in [0.1, 0.15) is 19.8 Å². The second-order valence-corrected chi connectivity index (χ2v) is 16.6. The average molecular weight is 796 g/mol. The zero-order valence-corrected chi connectivity index (χ0v) is 36.1. The zero-order valence-electron chi connectivity index (χ0n) is 35.2. The first-order valence-electron chi connectivity index (χ1n) is 21.1. The van der Waals surface area contributed by atoms with Crippen molar-refractivity contribution in [2.75, 3.05) is 47.5 Å². The average Bonchev–Trinajstić information content (AvgIpc) is 3.12. The van der Waals surface area contributed by atoms with Crippen LogP contribution in [-0.2, 0) is 32.7 Å². The molecule has 0 radical (unpaired) electrons. The fourth-order valence-corrected chi connectivity index (χ4v) is 5.95. The summed E-state index contributed by atoms with van der Waals surface area (Å²) in [5.41, 5.74) is 0. The maximum absolute atomic E-state index is 12.7. The first-order chi connectivity index (χ1) is 26.4. The summed E-state index contributed by atoms with van der Waals surface area (Å²) >= 11 is 0. The third-order valence-electron chi connectivity index (χ3n) is 8.61. The topological polar surface area (TPSA) is 131 Å². The summed E-state index contributed by atoms with van der Waals surface area (Å²) in [4.78, 5) is 37.5. The van der Waals surface area contributed by atoms with Gasteiger partial charge in [-0.15, -0.1) is 0 Å². The lowest BCUT2D eigenvalue weighted by molar-refractivity contribution is -0.870. The predicted octanol–water partition coefficient (Wildman–Crippen LogP) is 10.0. The molecule has 0 heterocycles. The summed E-state index contributed by atoms with van der Waals surface area (Å²) in [5.74, 6) is -1.05. The number of quaternary nitrogens is 1. The van der Waals surface area contributed by atoms with E-state index in [1.807, 2.05) is 33.3 Å². The van der Waals surface area contributed by atoms with Crippen LogP contribution in [0.15, 0.2) is 60.8 Å². The highest BCUT2D eigenvalue weighted by Crippen LogP contribution is 2.38. The Kier molecular flexibility index (Phi) is 34.5. The number of carbonyl (C=O) groups is 2. The molecule has 0 aliphatic rings. The van der Waals surface area contributed by atoms with Crippen LogP contribution in [0.1, 0.15) is 149 Å². The van der Waals surface area contributed by atoms with E-state index < -0.39 is 38.6 Å². The number of allylic oxidation sites excluding steroid dienone is 9. The third kappa shape index (κ3) is 39.7. The highest BCUT2D eigenvalue weighted by Gasteiger charge is 2.22. The molecule has 0 fully saturated rings. The first-order valence-corrected chi connectivity index (χ1v) is 22.6. The van der Waals surface area contributed by atoms with Crippen LogP contribution in [0, 0.1) is 0 Å². The fraction of sp³-hybridized carbons (Fsp3) is 0.727. The molecule has 0 spiro atoms. The molecule has 11 heteroatoms. The lowest BCUT2D eigenvalue weighted by atomic mass is 10.1. The molecule has 0 saturated carbocycles. The van der Waals surface area contributed by atoms with E-state index in [1.54, 1.807) is 12.2 Å². The van der Waals surface area contributed by atoms with E-state index in [-0.39, 0.29) is 26.1 Å². The number of carbonyl (C=O) groups excluding carboxylic acids is 2. The van der Waals surface area contributed by atoms with Gasteiger partial charge in [-0.05, 0) is 70.6 Å².